The number of nitrogens with one attached hydrogen (secondary N) is 1. The van der Waals surface area contributed by atoms with Crippen LogP contribution in [0.5, 0.6) is 0 Å². The van der Waals surface area contributed by atoms with Gasteiger partial charge < -0.3 is 15.5 Å². The highest BCUT2D eigenvalue weighted by Gasteiger charge is 2.11. The Bertz CT molecular complexity index is 590. The van der Waals surface area contributed by atoms with E-state index in [1.165, 1.54) is 12.1 Å². The summed E-state index contributed by atoms with van der Waals surface area (Å²) in [6.07, 6.45) is 0. The number of carbonyl (C=O) groups is 2. The lowest BCUT2D eigenvalue weighted by molar-refractivity contribution is 0.0696. The Balaban J connectivity index is 2.39. The molecule has 5 nitrogen and oxygen atoms in total. The number of rotatable bonds is 4. The van der Waals surface area contributed by atoms with Gasteiger partial charge in [-0.25, -0.2) is 9.59 Å². The fourth-order valence-corrected chi connectivity index (χ4v) is 1.63. The largest absolute Gasteiger partial charge is 0.478 e. The van der Waals surface area contributed by atoms with E-state index in [1.807, 2.05) is 18.2 Å². The second kappa shape index (κ2) is 5.22. The summed E-state index contributed by atoms with van der Waals surface area (Å²) in [7, 11) is 0. The van der Waals surface area contributed by atoms with Gasteiger partial charge >= 0.3 is 11.9 Å². The molecule has 0 aliphatic rings. The van der Waals surface area contributed by atoms with Crippen LogP contribution in [0.4, 0.5) is 11.4 Å². The monoisotopic (exact) mass is 257 g/mol. The molecule has 0 aromatic heterocycles. The molecule has 96 valence electrons. The van der Waals surface area contributed by atoms with Crippen molar-refractivity contribution in [1.29, 1.82) is 0 Å². The summed E-state index contributed by atoms with van der Waals surface area (Å²) in [5, 5.41) is 20.9. The Kier molecular flexibility index (Phi) is 3.47. The first-order valence-corrected chi connectivity index (χ1v) is 5.50. The minimum Gasteiger partial charge on any atom is -0.478 e. The molecule has 0 spiro atoms. The van der Waals surface area contributed by atoms with Crippen molar-refractivity contribution >= 4 is 23.3 Å². The maximum Gasteiger partial charge on any atom is 0.335 e. The van der Waals surface area contributed by atoms with Gasteiger partial charge in [0.2, 0.25) is 0 Å². The van der Waals surface area contributed by atoms with Crippen LogP contribution in [-0.2, 0) is 0 Å². The van der Waals surface area contributed by atoms with Gasteiger partial charge in [0.1, 0.15) is 0 Å². The second-order valence-electron chi connectivity index (χ2n) is 3.90. The average Bonchev–Trinajstić information content (AvgIpc) is 2.39. The average molecular weight is 257 g/mol. The normalized spacial score (nSPS) is 9.89. The number of benzene rings is 2. The Labute approximate surface area is 109 Å². The summed E-state index contributed by atoms with van der Waals surface area (Å²) < 4.78 is 0. The predicted octanol–water partition coefficient (Wildman–Crippen LogP) is 2.83. The fourth-order valence-electron chi connectivity index (χ4n) is 1.63. The number of para-hydroxylation sites is 1. The van der Waals surface area contributed by atoms with Crippen molar-refractivity contribution in [3.05, 3.63) is 59.7 Å². The second-order valence-corrected chi connectivity index (χ2v) is 3.90. The Morgan fingerprint density at radius 2 is 1.32 bits per heavy atom. The van der Waals surface area contributed by atoms with Crippen molar-refractivity contribution in [3.63, 3.8) is 0 Å². The highest BCUT2D eigenvalue weighted by atomic mass is 16.4. The summed E-state index contributed by atoms with van der Waals surface area (Å²) in [5.74, 6) is -2.33. The molecular weight excluding hydrogens is 246 g/mol. The van der Waals surface area contributed by atoms with Crippen molar-refractivity contribution in [3.8, 4) is 0 Å². The number of carboxylic acid groups (broad SMARTS) is 2. The number of anilines is 2. The molecule has 0 saturated carbocycles. The Morgan fingerprint density at radius 3 is 1.79 bits per heavy atom. The zero-order valence-electron chi connectivity index (χ0n) is 9.83. The molecule has 2 aromatic carbocycles. The van der Waals surface area contributed by atoms with E-state index >= 15 is 0 Å². The van der Waals surface area contributed by atoms with Crippen molar-refractivity contribution < 1.29 is 19.8 Å². The Hall–Kier alpha value is -2.82. The van der Waals surface area contributed by atoms with Gasteiger partial charge in [-0.1, -0.05) is 18.2 Å². The number of carboxylic acids is 2. The van der Waals surface area contributed by atoms with Gasteiger partial charge in [-0.3, -0.25) is 0 Å². The standard InChI is InChI=1S/C14H11NO4/c16-13(17)9-6-10(14(18)19)8-12(7-9)15-11-4-2-1-3-5-11/h1-8,15H,(H,16,17)(H,18,19). The molecule has 0 bridgehead atoms. The lowest BCUT2D eigenvalue weighted by Crippen LogP contribution is -2.04. The molecule has 3 N–H and O–H groups in total. The molecule has 0 radical (unpaired) electrons. The van der Waals surface area contributed by atoms with E-state index in [4.69, 9.17) is 10.2 Å². The van der Waals surface area contributed by atoms with Gasteiger partial charge in [0.15, 0.2) is 0 Å². The molecule has 5 heteroatoms. The smallest absolute Gasteiger partial charge is 0.335 e. The molecule has 0 amide bonds. The van der Waals surface area contributed by atoms with Crippen LogP contribution in [0.2, 0.25) is 0 Å². The van der Waals surface area contributed by atoms with Gasteiger partial charge in [-0.15, -0.1) is 0 Å². The molecule has 2 aromatic rings. The SMILES string of the molecule is O=C(O)c1cc(Nc2ccccc2)cc(C(=O)O)c1. The summed E-state index contributed by atoms with van der Waals surface area (Å²) >= 11 is 0. The molecule has 0 atom stereocenters. The van der Waals surface area contributed by atoms with E-state index in [2.05, 4.69) is 5.32 Å². The molecule has 0 fully saturated rings. The summed E-state index contributed by atoms with van der Waals surface area (Å²) in [6.45, 7) is 0. The highest BCUT2D eigenvalue weighted by Crippen LogP contribution is 2.20. The number of aromatic carboxylic acids is 2. The van der Waals surface area contributed by atoms with Crippen molar-refractivity contribution in [1.82, 2.24) is 0 Å². The van der Waals surface area contributed by atoms with E-state index in [1.54, 1.807) is 12.1 Å². The number of hydrogen-bond acceptors (Lipinski definition) is 3. The Morgan fingerprint density at radius 1 is 0.789 bits per heavy atom. The zero-order chi connectivity index (χ0) is 13.8. The maximum atomic E-state index is 11.0. The van der Waals surface area contributed by atoms with E-state index in [9.17, 15) is 9.59 Å². The third-order valence-corrected chi connectivity index (χ3v) is 2.49. The van der Waals surface area contributed by atoms with E-state index in [-0.39, 0.29) is 11.1 Å². The van der Waals surface area contributed by atoms with E-state index in [0.29, 0.717) is 5.69 Å². The first-order chi connectivity index (χ1) is 9.06. The van der Waals surface area contributed by atoms with E-state index < -0.39 is 11.9 Å². The molecule has 0 aliphatic heterocycles. The van der Waals surface area contributed by atoms with Crippen molar-refractivity contribution in [2.75, 3.05) is 5.32 Å². The molecular formula is C14H11NO4. The summed E-state index contributed by atoms with van der Waals surface area (Å²) in [5.41, 5.74) is 1.03. The van der Waals surface area contributed by atoms with Crippen LogP contribution in [0.15, 0.2) is 48.5 Å². The van der Waals surface area contributed by atoms with Crippen LogP contribution in [0.1, 0.15) is 20.7 Å². The van der Waals surface area contributed by atoms with Crippen LogP contribution in [-0.4, -0.2) is 22.2 Å². The highest BCUT2D eigenvalue weighted by molar-refractivity contribution is 5.95. The van der Waals surface area contributed by atoms with E-state index in [0.717, 1.165) is 11.8 Å². The molecule has 19 heavy (non-hydrogen) atoms. The molecule has 0 aliphatic carbocycles. The van der Waals surface area contributed by atoms with Gasteiger partial charge in [0.25, 0.3) is 0 Å². The first-order valence-electron chi connectivity index (χ1n) is 5.50. The van der Waals surface area contributed by atoms with Crippen molar-refractivity contribution in [2.45, 2.75) is 0 Å². The number of hydrogen-bond donors (Lipinski definition) is 3. The molecule has 0 saturated heterocycles. The maximum absolute atomic E-state index is 11.0. The van der Waals surface area contributed by atoms with Crippen LogP contribution in [0.25, 0.3) is 0 Å². The van der Waals surface area contributed by atoms with Gasteiger partial charge in [0.05, 0.1) is 11.1 Å². The van der Waals surface area contributed by atoms with Crippen LogP contribution in [0, 0.1) is 0 Å². The van der Waals surface area contributed by atoms with Crippen LogP contribution >= 0.6 is 0 Å². The predicted molar refractivity (Wildman–Crippen MR) is 70.1 cm³/mol. The van der Waals surface area contributed by atoms with Gasteiger partial charge in [0, 0.05) is 11.4 Å². The zero-order valence-corrected chi connectivity index (χ0v) is 9.83. The lowest BCUT2D eigenvalue weighted by Gasteiger charge is -2.08. The summed E-state index contributed by atoms with van der Waals surface area (Å²) in [6, 6.07) is 13.0. The van der Waals surface area contributed by atoms with Gasteiger partial charge in [-0.2, -0.15) is 0 Å². The minimum absolute atomic E-state index is 0.0710. The van der Waals surface area contributed by atoms with Gasteiger partial charge in [-0.05, 0) is 30.3 Å². The van der Waals surface area contributed by atoms with Crippen LogP contribution < -0.4 is 5.32 Å². The minimum atomic E-state index is -1.17. The quantitative estimate of drug-likeness (QED) is 0.784. The molecule has 0 heterocycles. The van der Waals surface area contributed by atoms with Crippen LogP contribution in [0.3, 0.4) is 0 Å². The topological polar surface area (TPSA) is 86.6 Å². The molecule has 2 rings (SSSR count). The fraction of sp³-hybridized carbons (Fsp3) is 0. The third-order valence-electron chi connectivity index (χ3n) is 2.49. The first kappa shape index (κ1) is 12.6. The summed E-state index contributed by atoms with van der Waals surface area (Å²) in [4.78, 5) is 21.9. The van der Waals surface area contributed by atoms with Crippen molar-refractivity contribution in [2.24, 2.45) is 0 Å². The molecule has 0 unspecified atom stereocenters. The lowest BCUT2D eigenvalue weighted by atomic mass is 10.1. The third kappa shape index (κ3) is 3.10.